The van der Waals surface area contributed by atoms with E-state index in [1.165, 1.54) is 36.1 Å². The number of nitrogens with two attached hydrogens (primary N) is 1. The molecule has 2 N–H and O–H groups in total. The molecule has 1 fully saturated rings. The molecule has 1 unspecified atom stereocenters. The van der Waals surface area contributed by atoms with Crippen molar-refractivity contribution in [2.75, 3.05) is 13.7 Å². The molecule has 4 rings (SSSR count). The second kappa shape index (κ2) is 12.2. The number of primary amides is 1. The summed E-state index contributed by atoms with van der Waals surface area (Å²) in [5.74, 6) is -1.82. The minimum Gasteiger partial charge on any atom is -0.495 e. The molecule has 8 nitrogen and oxygen atoms in total. The zero-order valence-electron chi connectivity index (χ0n) is 21.3. The van der Waals surface area contributed by atoms with Crippen LogP contribution in [0, 0.1) is 17.1 Å². The molecule has 3 aromatic rings. The van der Waals surface area contributed by atoms with Crippen molar-refractivity contribution in [3.63, 3.8) is 0 Å². The molecule has 0 bridgehead atoms. The van der Waals surface area contributed by atoms with E-state index in [2.05, 4.69) is 6.07 Å². The largest absolute Gasteiger partial charge is 0.495 e. The van der Waals surface area contributed by atoms with Crippen LogP contribution in [0.3, 0.4) is 0 Å². The Kier molecular flexibility index (Phi) is 8.79. The van der Waals surface area contributed by atoms with Gasteiger partial charge < -0.3 is 19.8 Å². The van der Waals surface area contributed by atoms with Crippen LogP contribution in [0.25, 0.3) is 11.1 Å². The normalized spacial score (nSPS) is 13.8. The summed E-state index contributed by atoms with van der Waals surface area (Å²) in [6, 6.07) is 10.9. The number of carbonyl (C=O) groups is 2. The fraction of sp³-hybridized carbons (Fsp3) is 0.310. The Hall–Kier alpha value is -4.00. The highest BCUT2D eigenvalue weighted by Gasteiger charge is 2.26. The molecule has 1 heterocycles. The van der Waals surface area contributed by atoms with Gasteiger partial charge in [-0.25, -0.2) is 4.39 Å². The van der Waals surface area contributed by atoms with Gasteiger partial charge in [-0.15, -0.1) is 0 Å². The number of aromatic nitrogens is 1. The first-order valence-corrected chi connectivity index (χ1v) is 12.8. The van der Waals surface area contributed by atoms with Crippen molar-refractivity contribution < 1.29 is 23.5 Å². The zero-order chi connectivity index (χ0) is 28.1. The highest BCUT2D eigenvalue weighted by molar-refractivity contribution is 6.31. The van der Waals surface area contributed by atoms with Gasteiger partial charge in [-0.3, -0.25) is 14.4 Å². The Morgan fingerprint density at radius 1 is 1.21 bits per heavy atom. The molecule has 1 amide bonds. The molecule has 0 saturated heterocycles. The quantitative estimate of drug-likeness (QED) is 0.371. The lowest BCUT2D eigenvalue weighted by Crippen LogP contribution is -2.32. The number of ether oxygens (including phenoxy) is 2. The van der Waals surface area contributed by atoms with E-state index in [0.717, 1.165) is 25.3 Å². The minimum atomic E-state index is -0.936. The van der Waals surface area contributed by atoms with Crippen LogP contribution < -0.4 is 16.0 Å². The molecule has 2 aromatic carbocycles. The molecule has 1 aromatic heterocycles. The van der Waals surface area contributed by atoms with Crippen molar-refractivity contribution in [3.8, 4) is 22.9 Å². The first kappa shape index (κ1) is 28.0. The number of rotatable bonds is 11. The van der Waals surface area contributed by atoms with Crippen LogP contribution >= 0.6 is 11.6 Å². The fourth-order valence-electron chi connectivity index (χ4n) is 4.51. The molecule has 1 aliphatic rings. The summed E-state index contributed by atoms with van der Waals surface area (Å²) in [5, 5.41) is 9.95. The number of hydrogen-bond donors (Lipinski definition) is 1. The van der Waals surface area contributed by atoms with Gasteiger partial charge >= 0.3 is 0 Å². The number of amides is 1. The topological polar surface area (TPSA) is 124 Å². The van der Waals surface area contributed by atoms with Crippen LogP contribution in [-0.4, -0.2) is 36.1 Å². The SMILES string of the molecule is COc1cn(C(CCOC2CCC2)C(=O)Cc2ccc(C(N)=O)c(F)c2)c(=O)cc1-c1cc(Cl)ccc1C#N. The lowest BCUT2D eigenvalue weighted by molar-refractivity contribution is -0.122. The van der Waals surface area contributed by atoms with Crippen molar-refractivity contribution in [1.29, 1.82) is 5.26 Å². The number of pyridine rings is 1. The number of hydrogen-bond acceptors (Lipinski definition) is 6. The molecule has 0 spiro atoms. The standard InChI is InChI=1S/C29H27ClFN3O5/c1-38-27-16-34(28(36)14-23(27)22-13-19(30)7-6-18(22)15-32)25(9-10-39-20-3-2-4-20)26(35)12-17-5-8-21(29(33)37)24(31)11-17/h5-8,11,13-14,16,20,25H,2-4,9-10,12H2,1H3,(H2,33,37). The van der Waals surface area contributed by atoms with E-state index in [0.29, 0.717) is 27.3 Å². The summed E-state index contributed by atoms with van der Waals surface area (Å²) in [5.41, 5.74) is 5.83. The third kappa shape index (κ3) is 6.36. The maximum Gasteiger partial charge on any atom is 0.252 e. The van der Waals surface area contributed by atoms with Gasteiger partial charge in [-0.05, 0) is 61.6 Å². The number of methoxy groups -OCH3 is 1. The van der Waals surface area contributed by atoms with Crippen molar-refractivity contribution in [3.05, 3.63) is 86.5 Å². The molecule has 0 radical (unpaired) electrons. The van der Waals surface area contributed by atoms with Gasteiger partial charge in [0.1, 0.15) is 11.6 Å². The van der Waals surface area contributed by atoms with E-state index in [-0.39, 0.29) is 42.6 Å². The number of halogens is 2. The Morgan fingerprint density at radius 2 is 1.97 bits per heavy atom. The second-order valence-electron chi connectivity index (χ2n) is 9.35. The Bertz CT molecular complexity index is 1510. The number of nitrogens with zero attached hydrogens (tertiary/aromatic N) is 2. The molecule has 1 saturated carbocycles. The predicted octanol–water partition coefficient (Wildman–Crippen LogP) is 4.60. The van der Waals surface area contributed by atoms with E-state index in [4.69, 9.17) is 26.8 Å². The Morgan fingerprint density at radius 3 is 2.59 bits per heavy atom. The average Bonchev–Trinajstić information content (AvgIpc) is 2.87. The molecule has 1 atom stereocenters. The third-order valence-electron chi connectivity index (χ3n) is 6.84. The lowest BCUT2D eigenvalue weighted by atomic mass is 9.96. The summed E-state index contributed by atoms with van der Waals surface area (Å²) >= 11 is 6.15. The molecule has 39 heavy (non-hydrogen) atoms. The fourth-order valence-corrected chi connectivity index (χ4v) is 4.68. The molecule has 0 aliphatic heterocycles. The van der Waals surface area contributed by atoms with Crippen molar-refractivity contribution >= 4 is 23.3 Å². The number of benzene rings is 2. The van der Waals surface area contributed by atoms with Gasteiger partial charge in [-0.1, -0.05) is 17.7 Å². The second-order valence-corrected chi connectivity index (χ2v) is 9.79. The van der Waals surface area contributed by atoms with Gasteiger partial charge in [0.2, 0.25) is 0 Å². The first-order chi connectivity index (χ1) is 18.7. The smallest absolute Gasteiger partial charge is 0.252 e. The summed E-state index contributed by atoms with van der Waals surface area (Å²) in [4.78, 5) is 38.3. The van der Waals surface area contributed by atoms with Crippen LogP contribution in [0.4, 0.5) is 4.39 Å². The summed E-state index contributed by atoms with van der Waals surface area (Å²) in [6.07, 6.45) is 4.58. The predicted molar refractivity (Wildman–Crippen MR) is 143 cm³/mol. The third-order valence-corrected chi connectivity index (χ3v) is 7.07. The van der Waals surface area contributed by atoms with Gasteiger partial charge in [0, 0.05) is 35.2 Å². The van der Waals surface area contributed by atoms with E-state index in [9.17, 15) is 24.0 Å². The maximum atomic E-state index is 14.3. The van der Waals surface area contributed by atoms with Crippen molar-refractivity contribution in [2.24, 2.45) is 5.73 Å². The summed E-state index contributed by atoms with van der Waals surface area (Å²) in [7, 11) is 1.42. The Labute approximate surface area is 229 Å². The van der Waals surface area contributed by atoms with Crippen LogP contribution in [-0.2, 0) is 16.0 Å². The number of Topliss-reactive ketones (excluding diaryl/α,β-unsaturated/α-hetero) is 1. The van der Waals surface area contributed by atoms with Crippen LogP contribution in [0.5, 0.6) is 5.75 Å². The number of ketones is 1. The van der Waals surface area contributed by atoms with Crippen molar-refractivity contribution in [1.82, 2.24) is 4.57 Å². The van der Waals surface area contributed by atoms with E-state index >= 15 is 0 Å². The van der Waals surface area contributed by atoms with Crippen LogP contribution in [0.2, 0.25) is 5.02 Å². The highest BCUT2D eigenvalue weighted by atomic mass is 35.5. The van der Waals surface area contributed by atoms with E-state index in [1.54, 1.807) is 18.2 Å². The van der Waals surface area contributed by atoms with Crippen molar-refractivity contribution in [2.45, 2.75) is 44.2 Å². The molecular weight excluding hydrogens is 525 g/mol. The van der Waals surface area contributed by atoms with Crippen LogP contribution in [0.15, 0.2) is 53.5 Å². The maximum absolute atomic E-state index is 14.3. The minimum absolute atomic E-state index is 0.136. The van der Waals surface area contributed by atoms with Gasteiger partial charge in [0.05, 0.1) is 42.6 Å². The molecule has 1 aliphatic carbocycles. The first-order valence-electron chi connectivity index (χ1n) is 12.4. The summed E-state index contributed by atoms with van der Waals surface area (Å²) in [6.45, 7) is 0.249. The number of nitriles is 1. The lowest BCUT2D eigenvalue weighted by Gasteiger charge is -2.27. The van der Waals surface area contributed by atoms with Gasteiger partial charge in [-0.2, -0.15) is 5.26 Å². The van der Waals surface area contributed by atoms with Gasteiger partial charge in [0.15, 0.2) is 5.78 Å². The highest BCUT2D eigenvalue weighted by Crippen LogP contribution is 2.34. The van der Waals surface area contributed by atoms with Crippen LogP contribution in [0.1, 0.15) is 53.2 Å². The van der Waals surface area contributed by atoms with Gasteiger partial charge in [0.25, 0.3) is 11.5 Å². The molecule has 10 heteroatoms. The molecule has 202 valence electrons. The number of carbonyl (C=O) groups excluding carboxylic acids is 2. The van der Waals surface area contributed by atoms with E-state index < -0.39 is 23.3 Å². The Balaban J connectivity index is 1.70. The summed E-state index contributed by atoms with van der Waals surface area (Å²) < 4.78 is 27.0. The van der Waals surface area contributed by atoms with E-state index in [1.807, 2.05) is 0 Å². The molecular formula is C29H27ClFN3O5. The zero-order valence-corrected chi connectivity index (χ0v) is 22.0. The monoisotopic (exact) mass is 551 g/mol. The average molecular weight is 552 g/mol.